The van der Waals surface area contributed by atoms with Crippen LogP contribution in [0.15, 0.2) is 0 Å². The maximum atomic E-state index is 11.7. The van der Waals surface area contributed by atoms with E-state index in [1.54, 1.807) is 13.8 Å². The van der Waals surface area contributed by atoms with Crippen molar-refractivity contribution in [3.8, 4) is 0 Å². The van der Waals surface area contributed by atoms with Crippen molar-refractivity contribution in [2.45, 2.75) is 70.2 Å². The van der Waals surface area contributed by atoms with Crippen LogP contribution in [0.5, 0.6) is 0 Å². The number of nitrogens with one attached hydrogen (secondary N) is 1. The summed E-state index contributed by atoms with van der Waals surface area (Å²) < 4.78 is 27.8. The second kappa shape index (κ2) is 10.4. The minimum Gasteiger partial charge on any atom is -0.465 e. The number of carbonyl (C=O) groups is 3. The van der Waals surface area contributed by atoms with Gasteiger partial charge in [0.1, 0.15) is 24.9 Å². The van der Waals surface area contributed by atoms with Crippen LogP contribution in [0.2, 0.25) is 0 Å². The van der Waals surface area contributed by atoms with Crippen molar-refractivity contribution in [3.05, 3.63) is 0 Å². The van der Waals surface area contributed by atoms with Gasteiger partial charge in [0.15, 0.2) is 17.2 Å². The van der Waals surface area contributed by atoms with Crippen molar-refractivity contribution in [3.63, 3.8) is 0 Å². The summed E-state index contributed by atoms with van der Waals surface area (Å²) in [6.07, 6.45) is -2.19. The minimum atomic E-state index is -0.982. The molecule has 0 saturated carbocycles. The van der Waals surface area contributed by atoms with Gasteiger partial charge in [0.2, 0.25) is 5.91 Å². The zero-order valence-electron chi connectivity index (χ0n) is 16.8. The van der Waals surface area contributed by atoms with Crippen molar-refractivity contribution < 1.29 is 38.1 Å². The second-order valence-electron chi connectivity index (χ2n) is 6.58. The Morgan fingerprint density at radius 1 is 1.07 bits per heavy atom. The van der Waals surface area contributed by atoms with Crippen LogP contribution in [0.3, 0.4) is 0 Å². The molecule has 0 unspecified atom stereocenters. The van der Waals surface area contributed by atoms with Gasteiger partial charge >= 0.3 is 5.97 Å². The number of ether oxygens (including phenoxy) is 5. The number of methoxy groups -OCH3 is 2. The molecular formula is C17H29NO8S. The molecule has 1 aliphatic rings. The second-order valence-corrected chi connectivity index (χ2v) is 8.00. The molecule has 9 nitrogen and oxygen atoms in total. The molecule has 0 spiro atoms. The summed E-state index contributed by atoms with van der Waals surface area (Å²) in [6.45, 7) is 7.47. The highest BCUT2D eigenvalue weighted by atomic mass is 32.2. The Bertz CT molecular complexity index is 537. The highest BCUT2D eigenvalue weighted by Crippen LogP contribution is 2.37. The molecule has 10 heteroatoms. The maximum Gasteiger partial charge on any atom is 0.302 e. The van der Waals surface area contributed by atoms with Crippen molar-refractivity contribution >= 4 is 28.8 Å². The van der Waals surface area contributed by atoms with E-state index in [0.717, 1.165) is 11.8 Å². The summed E-state index contributed by atoms with van der Waals surface area (Å²) in [5.74, 6) is -1.75. The van der Waals surface area contributed by atoms with Crippen LogP contribution in [0.25, 0.3) is 0 Å². The highest BCUT2D eigenvalue weighted by molar-refractivity contribution is 8.14. The molecule has 0 aliphatic carbocycles. The Morgan fingerprint density at radius 2 is 1.63 bits per heavy atom. The molecule has 0 radical (unpaired) electrons. The molecule has 4 atom stereocenters. The van der Waals surface area contributed by atoms with E-state index >= 15 is 0 Å². The maximum absolute atomic E-state index is 11.7. The topological polar surface area (TPSA) is 109 Å². The first-order valence-electron chi connectivity index (χ1n) is 8.49. The van der Waals surface area contributed by atoms with Crippen molar-refractivity contribution in [2.24, 2.45) is 0 Å². The van der Waals surface area contributed by atoms with Gasteiger partial charge in [0.05, 0.1) is 5.25 Å². The Balaban J connectivity index is 3.21. The molecule has 0 aromatic heterocycles. The summed E-state index contributed by atoms with van der Waals surface area (Å²) in [7, 11) is 2.89. The summed E-state index contributed by atoms with van der Waals surface area (Å²) in [4.78, 5) is 34.7. The third-order valence-electron chi connectivity index (χ3n) is 3.78. The lowest BCUT2D eigenvalue weighted by molar-refractivity contribution is -0.175. The van der Waals surface area contributed by atoms with Gasteiger partial charge in [0, 0.05) is 35.0 Å². The summed E-state index contributed by atoms with van der Waals surface area (Å²) in [5, 5.41) is 2.07. The molecule has 1 heterocycles. The molecule has 1 aliphatic heterocycles. The largest absolute Gasteiger partial charge is 0.465 e. The summed E-state index contributed by atoms with van der Waals surface area (Å²) in [6, 6.07) is -0.711. The van der Waals surface area contributed by atoms with E-state index in [1.807, 2.05) is 0 Å². The zero-order valence-corrected chi connectivity index (χ0v) is 17.6. The van der Waals surface area contributed by atoms with Gasteiger partial charge in [-0.25, -0.2) is 0 Å². The first-order chi connectivity index (χ1) is 12.5. The normalized spacial score (nSPS) is 23.7. The summed E-state index contributed by atoms with van der Waals surface area (Å²) in [5.41, 5.74) is 0. The monoisotopic (exact) mass is 407 g/mol. The van der Waals surface area contributed by atoms with Gasteiger partial charge in [-0.15, -0.1) is 0 Å². The number of amides is 1. The van der Waals surface area contributed by atoms with Crippen molar-refractivity contribution in [2.75, 3.05) is 20.8 Å². The molecule has 0 aromatic rings. The Kier molecular flexibility index (Phi) is 9.16. The van der Waals surface area contributed by atoms with Gasteiger partial charge < -0.3 is 29.0 Å². The van der Waals surface area contributed by atoms with Gasteiger partial charge in [0.25, 0.3) is 0 Å². The SMILES string of the molecule is COC(OC)[C@H](NC(C)=O)[C@H]1OC(C)(C)O[C@@H]1[C@H](COC(C)=O)SC(C)=O. The number of thioether (sulfide) groups is 1. The fourth-order valence-corrected chi connectivity index (χ4v) is 3.83. The van der Waals surface area contributed by atoms with Crippen LogP contribution in [-0.4, -0.2) is 73.4 Å². The van der Waals surface area contributed by atoms with Crippen LogP contribution in [0, 0.1) is 0 Å². The number of rotatable bonds is 9. The average molecular weight is 407 g/mol. The minimum absolute atomic E-state index is 0.0440. The number of hydrogen-bond acceptors (Lipinski definition) is 9. The molecule has 0 bridgehead atoms. The number of esters is 1. The lowest BCUT2D eigenvalue weighted by Crippen LogP contribution is -2.57. The predicted octanol–water partition coefficient (Wildman–Crippen LogP) is 0.842. The number of hydrogen-bond donors (Lipinski definition) is 1. The first-order valence-corrected chi connectivity index (χ1v) is 9.37. The molecule has 156 valence electrons. The fraction of sp³-hybridized carbons (Fsp3) is 0.824. The lowest BCUT2D eigenvalue weighted by atomic mass is 10.0. The molecule has 0 aromatic carbocycles. The molecule has 1 amide bonds. The molecule has 1 fully saturated rings. The molecule has 1 saturated heterocycles. The Labute approximate surface area is 163 Å². The van der Waals surface area contributed by atoms with Crippen LogP contribution in [0.1, 0.15) is 34.6 Å². The first kappa shape index (κ1) is 23.8. The Hall–Kier alpha value is -1.20. The van der Waals surface area contributed by atoms with Crippen LogP contribution in [0.4, 0.5) is 0 Å². The Morgan fingerprint density at radius 3 is 2.07 bits per heavy atom. The van der Waals surface area contributed by atoms with E-state index < -0.39 is 41.5 Å². The molecular weight excluding hydrogens is 378 g/mol. The van der Waals surface area contributed by atoms with Gasteiger partial charge in [-0.05, 0) is 13.8 Å². The molecule has 27 heavy (non-hydrogen) atoms. The quantitative estimate of drug-likeness (QED) is 0.439. The van der Waals surface area contributed by atoms with Crippen LogP contribution in [-0.2, 0) is 38.1 Å². The predicted molar refractivity (Wildman–Crippen MR) is 97.9 cm³/mol. The standard InChI is InChI=1S/C17H29NO8S/c1-9(19)18-13(16(22-6)23-7)15-14(25-17(4,5)26-15)12(27-11(3)21)8-24-10(2)20/h12-16H,8H2,1-7H3,(H,18,19)/t12-,13+,14+,15+/m0/s1. The van der Waals surface area contributed by atoms with Crippen molar-refractivity contribution in [1.82, 2.24) is 5.32 Å². The van der Waals surface area contributed by atoms with E-state index in [4.69, 9.17) is 23.7 Å². The fourth-order valence-electron chi connectivity index (χ4n) is 2.92. The van der Waals surface area contributed by atoms with Crippen molar-refractivity contribution in [1.29, 1.82) is 0 Å². The van der Waals surface area contributed by atoms with Crippen LogP contribution >= 0.6 is 11.8 Å². The van der Waals surface area contributed by atoms with Gasteiger partial charge in [-0.2, -0.15) is 0 Å². The van der Waals surface area contributed by atoms with E-state index in [-0.39, 0.29) is 17.6 Å². The molecule has 1 N–H and O–H groups in total. The highest BCUT2D eigenvalue weighted by Gasteiger charge is 2.51. The van der Waals surface area contributed by atoms with Crippen LogP contribution < -0.4 is 5.32 Å². The van der Waals surface area contributed by atoms with Gasteiger partial charge in [-0.3, -0.25) is 14.4 Å². The van der Waals surface area contributed by atoms with E-state index in [1.165, 1.54) is 35.0 Å². The summed E-state index contributed by atoms with van der Waals surface area (Å²) >= 11 is 0.991. The average Bonchev–Trinajstić information content (AvgIpc) is 2.86. The van der Waals surface area contributed by atoms with E-state index in [2.05, 4.69) is 5.32 Å². The van der Waals surface area contributed by atoms with E-state index in [0.29, 0.717) is 0 Å². The smallest absolute Gasteiger partial charge is 0.302 e. The van der Waals surface area contributed by atoms with Gasteiger partial charge in [-0.1, -0.05) is 11.8 Å². The lowest BCUT2D eigenvalue weighted by Gasteiger charge is -2.33. The number of carbonyl (C=O) groups excluding carboxylic acids is 3. The zero-order chi connectivity index (χ0) is 20.8. The third kappa shape index (κ3) is 7.38. The molecule has 1 rings (SSSR count). The third-order valence-corrected chi connectivity index (χ3v) is 4.82. The van der Waals surface area contributed by atoms with E-state index in [9.17, 15) is 14.4 Å².